The number of methoxy groups -OCH3 is 1. The smallest absolute Gasteiger partial charge is 0.189 e. The monoisotopic (exact) mass is 260 g/mol. The van der Waals surface area contributed by atoms with Crippen LogP contribution in [-0.2, 0) is 0 Å². The van der Waals surface area contributed by atoms with Gasteiger partial charge in [0.2, 0.25) is 0 Å². The fraction of sp³-hybridized carbons (Fsp3) is 0.0714. The number of thiophene rings is 1. The van der Waals surface area contributed by atoms with E-state index in [0.717, 1.165) is 4.88 Å². The summed E-state index contributed by atoms with van der Waals surface area (Å²) in [5.74, 6) is 0.213. The number of benzene rings is 1. The van der Waals surface area contributed by atoms with Crippen LogP contribution in [0, 0.1) is 0 Å². The summed E-state index contributed by atoms with van der Waals surface area (Å²) < 4.78 is 4.96. The number of allylic oxidation sites excluding steroid dienone is 1. The molecule has 0 spiro atoms. The molecular formula is C14H12O3S. The minimum atomic E-state index is -0.233. The molecule has 0 aliphatic carbocycles. The average molecular weight is 260 g/mol. The molecule has 0 atom stereocenters. The number of phenolic OH excluding ortho intramolecular Hbond substituents is 1. The first-order valence-electron chi connectivity index (χ1n) is 5.33. The Balaban J connectivity index is 2.19. The van der Waals surface area contributed by atoms with Crippen molar-refractivity contribution in [2.75, 3.05) is 7.11 Å². The molecule has 0 radical (unpaired) electrons. The number of hydrogen-bond donors (Lipinski definition) is 1. The summed E-state index contributed by atoms with van der Waals surface area (Å²) in [5.41, 5.74) is 0.267. The highest BCUT2D eigenvalue weighted by Gasteiger charge is 2.09. The van der Waals surface area contributed by atoms with Gasteiger partial charge in [-0.1, -0.05) is 6.07 Å². The summed E-state index contributed by atoms with van der Waals surface area (Å²) in [6, 6.07) is 8.45. The van der Waals surface area contributed by atoms with Gasteiger partial charge in [0.25, 0.3) is 0 Å². The van der Waals surface area contributed by atoms with Crippen LogP contribution in [0.25, 0.3) is 6.08 Å². The largest absolute Gasteiger partial charge is 0.507 e. The van der Waals surface area contributed by atoms with E-state index in [1.807, 2.05) is 17.5 Å². The third-order valence-electron chi connectivity index (χ3n) is 2.41. The maximum atomic E-state index is 11.9. The number of aromatic hydroxyl groups is 1. The zero-order chi connectivity index (χ0) is 13.0. The van der Waals surface area contributed by atoms with E-state index in [0.29, 0.717) is 5.75 Å². The highest BCUT2D eigenvalue weighted by Crippen LogP contribution is 2.24. The Labute approximate surface area is 109 Å². The van der Waals surface area contributed by atoms with Crippen molar-refractivity contribution in [2.24, 2.45) is 0 Å². The minimum absolute atomic E-state index is 0.0739. The van der Waals surface area contributed by atoms with Gasteiger partial charge in [-0.2, -0.15) is 0 Å². The standard InChI is InChI=1S/C14H12O3S/c1-17-10-4-6-12(14(16)9-10)13(15)7-5-11-3-2-8-18-11/h2-9,16H,1H3. The van der Waals surface area contributed by atoms with Crippen LogP contribution in [0.5, 0.6) is 11.5 Å². The van der Waals surface area contributed by atoms with E-state index < -0.39 is 0 Å². The highest BCUT2D eigenvalue weighted by molar-refractivity contribution is 7.10. The van der Waals surface area contributed by atoms with E-state index in [1.54, 1.807) is 29.5 Å². The topological polar surface area (TPSA) is 46.5 Å². The van der Waals surface area contributed by atoms with Crippen molar-refractivity contribution in [1.82, 2.24) is 0 Å². The van der Waals surface area contributed by atoms with E-state index >= 15 is 0 Å². The van der Waals surface area contributed by atoms with Gasteiger partial charge in [-0.15, -0.1) is 11.3 Å². The molecule has 0 saturated heterocycles. The van der Waals surface area contributed by atoms with Crippen molar-refractivity contribution in [3.05, 3.63) is 52.2 Å². The van der Waals surface area contributed by atoms with Gasteiger partial charge in [-0.3, -0.25) is 4.79 Å². The Hall–Kier alpha value is -2.07. The molecule has 1 N–H and O–H groups in total. The van der Waals surface area contributed by atoms with Crippen molar-refractivity contribution < 1.29 is 14.6 Å². The van der Waals surface area contributed by atoms with Crippen molar-refractivity contribution in [1.29, 1.82) is 0 Å². The summed E-state index contributed by atoms with van der Waals surface area (Å²) in [6.45, 7) is 0. The molecule has 92 valence electrons. The molecule has 2 rings (SSSR count). The van der Waals surface area contributed by atoms with Crippen molar-refractivity contribution in [3.8, 4) is 11.5 Å². The van der Waals surface area contributed by atoms with Gasteiger partial charge >= 0.3 is 0 Å². The van der Waals surface area contributed by atoms with E-state index in [4.69, 9.17) is 4.74 Å². The zero-order valence-corrected chi connectivity index (χ0v) is 10.6. The lowest BCUT2D eigenvalue weighted by atomic mass is 10.1. The molecule has 0 aliphatic heterocycles. The molecule has 0 unspecified atom stereocenters. The van der Waals surface area contributed by atoms with Crippen molar-refractivity contribution in [2.45, 2.75) is 0 Å². The van der Waals surface area contributed by atoms with Gasteiger partial charge in [-0.05, 0) is 35.7 Å². The fourth-order valence-electron chi connectivity index (χ4n) is 1.48. The number of ether oxygens (including phenoxy) is 1. The van der Waals surface area contributed by atoms with Gasteiger partial charge in [0, 0.05) is 10.9 Å². The third-order valence-corrected chi connectivity index (χ3v) is 3.25. The summed E-state index contributed by atoms with van der Waals surface area (Å²) in [7, 11) is 1.51. The quantitative estimate of drug-likeness (QED) is 0.677. The molecule has 1 heterocycles. The Bertz CT molecular complexity index is 571. The maximum absolute atomic E-state index is 11.9. The van der Waals surface area contributed by atoms with Crippen LogP contribution in [0.1, 0.15) is 15.2 Å². The van der Waals surface area contributed by atoms with Gasteiger partial charge in [-0.25, -0.2) is 0 Å². The molecule has 18 heavy (non-hydrogen) atoms. The van der Waals surface area contributed by atoms with Gasteiger partial charge < -0.3 is 9.84 Å². The third kappa shape index (κ3) is 2.78. The normalized spacial score (nSPS) is 10.7. The number of ketones is 1. The van der Waals surface area contributed by atoms with Gasteiger partial charge in [0.1, 0.15) is 11.5 Å². The molecule has 0 aliphatic rings. The van der Waals surface area contributed by atoms with Crippen LogP contribution in [0.2, 0.25) is 0 Å². The Morgan fingerprint density at radius 3 is 2.83 bits per heavy atom. The number of phenols is 1. The van der Waals surface area contributed by atoms with E-state index in [-0.39, 0.29) is 17.1 Å². The fourth-order valence-corrected chi connectivity index (χ4v) is 2.10. The van der Waals surface area contributed by atoms with Crippen LogP contribution in [-0.4, -0.2) is 18.0 Å². The number of hydrogen-bond acceptors (Lipinski definition) is 4. The first-order valence-corrected chi connectivity index (χ1v) is 6.21. The zero-order valence-electron chi connectivity index (χ0n) is 9.79. The highest BCUT2D eigenvalue weighted by atomic mass is 32.1. The number of carbonyl (C=O) groups is 1. The molecule has 0 bridgehead atoms. The average Bonchev–Trinajstić information content (AvgIpc) is 2.88. The first-order chi connectivity index (χ1) is 8.70. The van der Waals surface area contributed by atoms with Crippen LogP contribution in [0.4, 0.5) is 0 Å². The van der Waals surface area contributed by atoms with E-state index in [2.05, 4.69) is 0 Å². The molecule has 2 aromatic rings. The first kappa shape index (κ1) is 12.4. The minimum Gasteiger partial charge on any atom is -0.507 e. The van der Waals surface area contributed by atoms with E-state index in [1.165, 1.54) is 19.3 Å². The Morgan fingerprint density at radius 2 is 2.22 bits per heavy atom. The number of rotatable bonds is 4. The number of carbonyl (C=O) groups excluding carboxylic acids is 1. The van der Waals surface area contributed by atoms with Gasteiger partial charge in [0.05, 0.1) is 12.7 Å². The van der Waals surface area contributed by atoms with Crippen LogP contribution in [0.3, 0.4) is 0 Å². The molecule has 0 fully saturated rings. The van der Waals surface area contributed by atoms with Crippen LogP contribution < -0.4 is 4.74 Å². The summed E-state index contributed by atoms with van der Waals surface area (Å²) in [6.07, 6.45) is 3.18. The maximum Gasteiger partial charge on any atom is 0.189 e. The van der Waals surface area contributed by atoms with E-state index in [9.17, 15) is 9.90 Å². The van der Waals surface area contributed by atoms with Gasteiger partial charge in [0.15, 0.2) is 5.78 Å². The predicted octanol–water partition coefficient (Wildman–Crippen LogP) is 3.36. The Morgan fingerprint density at radius 1 is 1.39 bits per heavy atom. The second kappa shape index (κ2) is 5.51. The lowest BCUT2D eigenvalue weighted by Gasteiger charge is -2.03. The summed E-state index contributed by atoms with van der Waals surface area (Å²) in [4.78, 5) is 12.9. The SMILES string of the molecule is COc1ccc(C(=O)C=Cc2cccs2)c(O)c1. The molecule has 1 aromatic heterocycles. The van der Waals surface area contributed by atoms with Crippen molar-refractivity contribution >= 4 is 23.2 Å². The lowest BCUT2D eigenvalue weighted by molar-refractivity contribution is 0.104. The molecule has 4 heteroatoms. The predicted molar refractivity (Wildman–Crippen MR) is 72.3 cm³/mol. The lowest BCUT2D eigenvalue weighted by Crippen LogP contribution is -1.95. The van der Waals surface area contributed by atoms with Crippen molar-refractivity contribution in [3.63, 3.8) is 0 Å². The summed E-state index contributed by atoms with van der Waals surface area (Å²) in [5, 5.41) is 11.7. The second-order valence-electron chi connectivity index (χ2n) is 3.60. The molecule has 0 saturated carbocycles. The van der Waals surface area contributed by atoms with Crippen LogP contribution >= 0.6 is 11.3 Å². The van der Waals surface area contributed by atoms with Crippen LogP contribution in [0.15, 0.2) is 41.8 Å². The summed E-state index contributed by atoms with van der Waals surface area (Å²) >= 11 is 1.55. The molecular weight excluding hydrogens is 248 g/mol. The molecule has 1 aromatic carbocycles. The second-order valence-corrected chi connectivity index (χ2v) is 4.58. The molecule has 0 amide bonds. The Kier molecular flexibility index (Phi) is 3.79. The molecule has 3 nitrogen and oxygen atoms in total.